The Labute approximate surface area is 122 Å². The number of likely N-dealkylation sites (N-methyl/N-ethyl adjacent to an activating group) is 1. The lowest BCUT2D eigenvalue weighted by Gasteiger charge is -2.20. The van der Waals surface area contributed by atoms with Crippen molar-refractivity contribution in [1.29, 1.82) is 0 Å². The molecule has 0 radical (unpaired) electrons. The Morgan fingerprint density at radius 3 is 1.90 bits per heavy atom. The van der Waals surface area contributed by atoms with Crippen LogP contribution in [0.1, 0.15) is 12.5 Å². The van der Waals surface area contributed by atoms with Gasteiger partial charge in [-0.25, -0.2) is 0 Å². The molecule has 0 unspecified atom stereocenters. The molecule has 1 aromatic carbocycles. The molecular formula is C18H24N2. The lowest BCUT2D eigenvalue weighted by molar-refractivity contribution is 0.390. The molecule has 0 amide bonds. The molecule has 0 saturated heterocycles. The number of anilines is 1. The van der Waals surface area contributed by atoms with E-state index in [2.05, 4.69) is 93.5 Å². The minimum Gasteiger partial charge on any atom is -0.378 e. The number of hydrogen-bond acceptors (Lipinski definition) is 2. The van der Waals surface area contributed by atoms with Crippen LogP contribution >= 0.6 is 0 Å². The average Bonchev–Trinajstić information content (AvgIpc) is 2.46. The third-order valence-electron chi connectivity index (χ3n) is 3.79. The minimum atomic E-state index is 0.405. The van der Waals surface area contributed by atoms with Crippen LogP contribution in [0.5, 0.6) is 0 Å². The van der Waals surface area contributed by atoms with Gasteiger partial charge in [0.15, 0.2) is 0 Å². The van der Waals surface area contributed by atoms with E-state index in [1.165, 1.54) is 22.4 Å². The van der Waals surface area contributed by atoms with E-state index in [4.69, 9.17) is 0 Å². The summed E-state index contributed by atoms with van der Waals surface area (Å²) in [5, 5.41) is 0. The Balaban J connectivity index is 2.23. The number of hydrogen-bond donors (Lipinski definition) is 0. The number of allylic oxidation sites excluding steroid dienone is 4. The van der Waals surface area contributed by atoms with Crippen molar-refractivity contribution >= 4 is 11.3 Å². The van der Waals surface area contributed by atoms with Gasteiger partial charge in [0.05, 0.1) is 0 Å². The van der Waals surface area contributed by atoms with Gasteiger partial charge in [-0.05, 0) is 49.9 Å². The lowest BCUT2D eigenvalue weighted by Crippen LogP contribution is -2.24. The second-order valence-corrected chi connectivity index (χ2v) is 5.69. The van der Waals surface area contributed by atoms with E-state index in [1.54, 1.807) is 0 Å². The molecular weight excluding hydrogens is 244 g/mol. The smallest absolute Gasteiger partial charge is 0.0462 e. The van der Waals surface area contributed by atoms with Crippen LogP contribution in [0.3, 0.4) is 0 Å². The van der Waals surface area contributed by atoms with Gasteiger partial charge in [-0.2, -0.15) is 0 Å². The standard InChI is InChI=1S/C18H24N2/c1-14(15-6-10-17(11-7-15)19(2)3)16-8-12-18(13-9-16)20(4)5/h6-13,17H,1-5H3. The summed E-state index contributed by atoms with van der Waals surface area (Å²) in [6.07, 6.45) is 8.93. The molecule has 1 aromatic rings. The Morgan fingerprint density at radius 1 is 0.900 bits per heavy atom. The van der Waals surface area contributed by atoms with Crippen molar-refractivity contribution in [2.75, 3.05) is 33.1 Å². The van der Waals surface area contributed by atoms with Gasteiger partial charge in [0, 0.05) is 25.8 Å². The molecule has 0 saturated carbocycles. The van der Waals surface area contributed by atoms with E-state index in [0.717, 1.165) is 0 Å². The predicted molar refractivity (Wildman–Crippen MR) is 89.1 cm³/mol. The normalized spacial score (nSPS) is 17.7. The maximum atomic E-state index is 2.24. The fourth-order valence-corrected chi connectivity index (χ4v) is 2.29. The van der Waals surface area contributed by atoms with Gasteiger partial charge >= 0.3 is 0 Å². The molecule has 0 atom stereocenters. The summed E-state index contributed by atoms with van der Waals surface area (Å²) >= 11 is 0. The van der Waals surface area contributed by atoms with E-state index < -0.39 is 0 Å². The summed E-state index contributed by atoms with van der Waals surface area (Å²) in [6.45, 7) is 2.19. The first-order chi connectivity index (χ1) is 9.49. The SMILES string of the molecule is CC(=C1C=CC(N(C)C)C=C1)c1ccc(N(C)C)cc1. The summed E-state index contributed by atoms with van der Waals surface area (Å²) in [6, 6.07) is 9.12. The second kappa shape index (κ2) is 6.10. The van der Waals surface area contributed by atoms with E-state index in [-0.39, 0.29) is 0 Å². The van der Waals surface area contributed by atoms with Crippen molar-refractivity contribution in [3.05, 3.63) is 59.7 Å². The first-order valence-corrected chi connectivity index (χ1v) is 7.00. The van der Waals surface area contributed by atoms with Crippen molar-refractivity contribution < 1.29 is 0 Å². The predicted octanol–water partition coefficient (Wildman–Crippen LogP) is 3.58. The first-order valence-electron chi connectivity index (χ1n) is 7.00. The summed E-state index contributed by atoms with van der Waals surface area (Å²) in [5.74, 6) is 0. The largest absolute Gasteiger partial charge is 0.378 e. The third-order valence-corrected chi connectivity index (χ3v) is 3.79. The molecule has 0 heterocycles. The molecule has 0 N–H and O–H groups in total. The highest BCUT2D eigenvalue weighted by molar-refractivity contribution is 5.73. The van der Waals surface area contributed by atoms with Crippen molar-refractivity contribution in [1.82, 2.24) is 4.90 Å². The molecule has 1 aliphatic rings. The lowest BCUT2D eigenvalue weighted by atomic mass is 9.96. The number of nitrogens with zero attached hydrogens (tertiary/aromatic N) is 2. The van der Waals surface area contributed by atoms with Gasteiger partial charge < -0.3 is 4.90 Å². The van der Waals surface area contributed by atoms with Crippen molar-refractivity contribution in [3.63, 3.8) is 0 Å². The third kappa shape index (κ3) is 3.20. The van der Waals surface area contributed by atoms with Crippen molar-refractivity contribution in [2.45, 2.75) is 13.0 Å². The van der Waals surface area contributed by atoms with Crippen LogP contribution in [-0.4, -0.2) is 39.1 Å². The average molecular weight is 268 g/mol. The topological polar surface area (TPSA) is 6.48 Å². The highest BCUT2D eigenvalue weighted by atomic mass is 15.1. The highest BCUT2D eigenvalue weighted by Crippen LogP contribution is 2.24. The van der Waals surface area contributed by atoms with Crippen LogP contribution in [0.2, 0.25) is 0 Å². The zero-order valence-electron chi connectivity index (χ0n) is 13.1. The molecule has 0 aliphatic heterocycles. The van der Waals surface area contributed by atoms with Crippen LogP contribution in [0.25, 0.3) is 5.57 Å². The van der Waals surface area contributed by atoms with Crippen LogP contribution in [0.15, 0.2) is 54.1 Å². The van der Waals surface area contributed by atoms with Crippen LogP contribution in [0, 0.1) is 0 Å². The van der Waals surface area contributed by atoms with Crippen LogP contribution < -0.4 is 4.90 Å². The Hall–Kier alpha value is -1.80. The van der Waals surface area contributed by atoms with Crippen LogP contribution in [-0.2, 0) is 0 Å². The summed E-state index contributed by atoms with van der Waals surface area (Å²) < 4.78 is 0. The molecule has 106 valence electrons. The fraction of sp³-hybridized carbons (Fsp3) is 0.333. The summed E-state index contributed by atoms with van der Waals surface area (Å²) in [4.78, 5) is 4.32. The van der Waals surface area contributed by atoms with Gasteiger partial charge in [-0.15, -0.1) is 0 Å². The van der Waals surface area contributed by atoms with E-state index >= 15 is 0 Å². The Morgan fingerprint density at radius 2 is 1.45 bits per heavy atom. The Bertz CT molecular complexity index is 529. The van der Waals surface area contributed by atoms with Gasteiger partial charge in [0.25, 0.3) is 0 Å². The van der Waals surface area contributed by atoms with E-state index in [9.17, 15) is 0 Å². The summed E-state index contributed by atoms with van der Waals surface area (Å²) in [7, 11) is 8.32. The molecule has 2 rings (SSSR count). The van der Waals surface area contributed by atoms with Gasteiger partial charge in [-0.1, -0.05) is 36.4 Å². The minimum absolute atomic E-state index is 0.405. The van der Waals surface area contributed by atoms with Gasteiger partial charge in [0.2, 0.25) is 0 Å². The molecule has 0 aromatic heterocycles. The molecule has 0 bridgehead atoms. The number of benzene rings is 1. The summed E-state index contributed by atoms with van der Waals surface area (Å²) in [5.41, 5.74) is 5.12. The molecule has 0 spiro atoms. The second-order valence-electron chi connectivity index (χ2n) is 5.69. The molecule has 0 fully saturated rings. The molecule has 20 heavy (non-hydrogen) atoms. The van der Waals surface area contributed by atoms with Gasteiger partial charge in [0.1, 0.15) is 0 Å². The molecule has 2 nitrogen and oxygen atoms in total. The van der Waals surface area contributed by atoms with Crippen molar-refractivity contribution in [3.8, 4) is 0 Å². The fourth-order valence-electron chi connectivity index (χ4n) is 2.29. The van der Waals surface area contributed by atoms with Crippen molar-refractivity contribution in [2.24, 2.45) is 0 Å². The van der Waals surface area contributed by atoms with Gasteiger partial charge in [-0.3, -0.25) is 4.90 Å². The zero-order chi connectivity index (χ0) is 14.7. The Kier molecular flexibility index (Phi) is 4.46. The quantitative estimate of drug-likeness (QED) is 0.826. The van der Waals surface area contributed by atoms with E-state index in [1.807, 2.05) is 0 Å². The van der Waals surface area contributed by atoms with Crippen LogP contribution in [0.4, 0.5) is 5.69 Å². The maximum Gasteiger partial charge on any atom is 0.0462 e. The maximum absolute atomic E-state index is 2.24. The number of rotatable bonds is 3. The van der Waals surface area contributed by atoms with E-state index in [0.29, 0.717) is 6.04 Å². The zero-order valence-corrected chi connectivity index (χ0v) is 13.1. The molecule has 1 aliphatic carbocycles. The molecule has 2 heteroatoms. The highest BCUT2D eigenvalue weighted by Gasteiger charge is 2.09. The monoisotopic (exact) mass is 268 g/mol. The first kappa shape index (κ1) is 14.6.